The van der Waals surface area contributed by atoms with Crippen LogP contribution in [0.2, 0.25) is 0 Å². The highest BCUT2D eigenvalue weighted by Crippen LogP contribution is 2.43. The first-order valence-corrected chi connectivity index (χ1v) is 9.70. The van der Waals surface area contributed by atoms with Gasteiger partial charge < -0.3 is 21.5 Å². The summed E-state index contributed by atoms with van der Waals surface area (Å²) in [5.41, 5.74) is 1.08. The first kappa shape index (κ1) is 22.0. The van der Waals surface area contributed by atoms with Gasteiger partial charge in [-0.15, -0.1) is 0 Å². The average Bonchev–Trinajstić information content (AvgIpc) is 2.76. The number of nitrogens with zero attached hydrogens (tertiary/aromatic N) is 1. The number of rotatable bonds is 3. The van der Waals surface area contributed by atoms with Crippen LogP contribution in [0.4, 0.5) is 17.6 Å². The molecule has 0 aliphatic carbocycles. The lowest BCUT2D eigenvalue weighted by molar-refractivity contribution is -0.931. The van der Waals surface area contributed by atoms with Crippen LogP contribution in [0.25, 0.3) is 5.57 Å². The Kier molecular flexibility index (Phi) is 6.25. The van der Waals surface area contributed by atoms with E-state index in [0.29, 0.717) is 28.8 Å². The largest absolute Gasteiger partial charge is 1.00 e. The van der Waals surface area contributed by atoms with E-state index in [1.54, 1.807) is 0 Å². The predicted octanol–water partition coefficient (Wildman–Crippen LogP) is 2.70. The van der Waals surface area contributed by atoms with Crippen LogP contribution in [-0.2, 0) is 0 Å². The summed E-state index contributed by atoms with van der Waals surface area (Å²) in [7, 11) is 4.51. The molecule has 0 aromatic heterocycles. The van der Waals surface area contributed by atoms with Gasteiger partial charge in [-0.2, -0.15) is 0 Å². The third kappa shape index (κ3) is 4.43. The van der Waals surface area contributed by atoms with E-state index in [1.807, 2.05) is 6.08 Å². The summed E-state index contributed by atoms with van der Waals surface area (Å²) in [5.74, 6) is -2.63. The standard InChI is InChI=1S/C23H24F4N.BrH/c1-28(2)21-3-4-22(28)6-14(5-21)7-23(15-8-17(24)12-18(25)9-15)16-10-19(26)13-20(27)11-16;/h7-14,21-22H,3-6H2,1-2H3;1H/q+1;/p-1/t14?,21-,22+;. The third-order valence-electron chi connectivity index (χ3n) is 6.61. The molecular formula is C23H24BrF4N. The van der Waals surface area contributed by atoms with Gasteiger partial charge in [0.25, 0.3) is 0 Å². The van der Waals surface area contributed by atoms with Crippen molar-refractivity contribution < 1.29 is 39.0 Å². The Morgan fingerprint density at radius 3 is 1.52 bits per heavy atom. The number of hydrogen-bond donors (Lipinski definition) is 0. The Hall–Kier alpha value is -1.66. The summed E-state index contributed by atoms with van der Waals surface area (Å²) in [6, 6.07) is 7.54. The van der Waals surface area contributed by atoms with Gasteiger partial charge in [-0.25, -0.2) is 17.6 Å². The van der Waals surface area contributed by atoms with Crippen LogP contribution >= 0.6 is 0 Å². The Labute approximate surface area is 179 Å². The van der Waals surface area contributed by atoms with E-state index < -0.39 is 23.3 Å². The van der Waals surface area contributed by atoms with E-state index in [1.165, 1.54) is 37.1 Å². The molecule has 2 aromatic rings. The molecule has 0 saturated carbocycles. The van der Waals surface area contributed by atoms with Crippen molar-refractivity contribution >= 4 is 5.57 Å². The number of allylic oxidation sites excluding steroid dienone is 1. The van der Waals surface area contributed by atoms with Crippen LogP contribution in [0.15, 0.2) is 42.5 Å². The van der Waals surface area contributed by atoms with Crippen LogP contribution in [0.5, 0.6) is 0 Å². The van der Waals surface area contributed by atoms with Gasteiger partial charge in [0.15, 0.2) is 0 Å². The summed E-state index contributed by atoms with van der Waals surface area (Å²) in [4.78, 5) is 0. The zero-order valence-corrected chi connectivity index (χ0v) is 18.0. The molecule has 1 nitrogen and oxygen atoms in total. The van der Waals surface area contributed by atoms with Gasteiger partial charge in [0.1, 0.15) is 23.3 Å². The molecule has 2 fully saturated rings. The molecule has 3 atom stereocenters. The molecule has 1 unspecified atom stereocenters. The van der Waals surface area contributed by atoms with Crippen LogP contribution < -0.4 is 17.0 Å². The van der Waals surface area contributed by atoms with Crippen LogP contribution in [-0.4, -0.2) is 30.7 Å². The molecule has 0 amide bonds. The number of piperidine rings is 1. The van der Waals surface area contributed by atoms with Gasteiger partial charge in [0.05, 0.1) is 26.2 Å². The van der Waals surface area contributed by atoms with Crippen molar-refractivity contribution in [2.24, 2.45) is 5.92 Å². The second kappa shape index (κ2) is 8.23. The minimum Gasteiger partial charge on any atom is -1.00 e. The second-order valence-electron chi connectivity index (χ2n) is 8.64. The Morgan fingerprint density at radius 2 is 1.14 bits per heavy atom. The van der Waals surface area contributed by atoms with Gasteiger partial charge in [-0.1, -0.05) is 6.08 Å². The van der Waals surface area contributed by atoms with Crippen molar-refractivity contribution in [3.05, 3.63) is 76.9 Å². The summed E-state index contributed by atoms with van der Waals surface area (Å²) in [6.07, 6.45) is 6.22. The number of benzene rings is 2. The number of hydrogen-bond acceptors (Lipinski definition) is 0. The smallest absolute Gasteiger partial charge is 0.126 e. The molecule has 2 aliphatic rings. The second-order valence-corrected chi connectivity index (χ2v) is 8.64. The molecule has 2 heterocycles. The van der Waals surface area contributed by atoms with E-state index in [4.69, 9.17) is 0 Å². The fourth-order valence-electron chi connectivity index (χ4n) is 5.07. The summed E-state index contributed by atoms with van der Waals surface area (Å²) >= 11 is 0. The molecule has 156 valence electrons. The highest BCUT2D eigenvalue weighted by atomic mass is 79.9. The molecule has 2 bridgehead atoms. The Balaban J connectivity index is 0.00000240. The molecule has 2 aliphatic heterocycles. The summed E-state index contributed by atoms with van der Waals surface area (Å²) < 4.78 is 56.4. The summed E-state index contributed by atoms with van der Waals surface area (Å²) in [6.45, 7) is 0. The number of fused-ring (bicyclic) bond motifs is 2. The zero-order valence-electron chi connectivity index (χ0n) is 16.4. The van der Waals surface area contributed by atoms with Crippen LogP contribution in [0.3, 0.4) is 0 Å². The molecule has 2 aromatic carbocycles. The highest BCUT2D eigenvalue weighted by molar-refractivity contribution is 5.80. The number of quaternary nitrogens is 1. The minimum atomic E-state index is -0.709. The maximum absolute atomic E-state index is 13.9. The predicted molar refractivity (Wildman–Crippen MR) is 101 cm³/mol. The topological polar surface area (TPSA) is 0 Å². The SMILES string of the molecule is C[N+]1(C)[C@@H]2CC[C@H]1CC(C=C(c1cc(F)cc(F)c1)c1cc(F)cc(F)c1)C2.[Br-]. The maximum Gasteiger partial charge on any atom is 0.126 e. The van der Waals surface area contributed by atoms with Crippen molar-refractivity contribution in [2.45, 2.75) is 37.8 Å². The molecule has 0 N–H and O–H groups in total. The van der Waals surface area contributed by atoms with E-state index in [2.05, 4.69) is 14.1 Å². The summed E-state index contributed by atoms with van der Waals surface area (Å²) in [5, 5.41) is 0. The van der Waals surface area contributed by atoms with Crippen LogP contribution in [0.1, 0.15) is 36.8 Å². The van der Waals surface area contributed by atoms with Gasteiger partial charge in [-0.3, -0.25) is 0 Å². The monoisotopic (exact) mass is 469 g/mol. The lowest BCUT2D eigenvalue weighted by Crippen LogP contribution is -3.00. The van der Waals surface area contributed by atoms with Crippen molar-refractivity contribution in [1.29, 1.82) is 0 Å². The highest BCUT2D eigenvalue weighted by Gasteiger charge is 2.48. The quantitative estimate of drug-likeness (QED) is 0.478. The fraction of sp³-hybridized carbons (Fsp3) is 0.391. The van der Waals surface area contributed by atoms with Crippen LogP contribution in [0, 0.1) is 29.2 Å². The molecule has 0 spiro atoms. The lowest BCUT2D eigenvalue weighted by atomic mass is 9.85. The first-order valence-electron chi connectivity index (χ1n) is 9.70. The fourth-order valence-corrected chi connectivity index (χ4v) is 5.07. The molecule has 29 heavy (non-hydrogen) atoms. The van der Waals surface area contributed by atoms with Crippen molar-refractivity contribution in [3.63, 3.8) is 0 Å². The van der Waals surface area contributed by atoms with Gasteiger partial charge in [0, 0.05) is 37.8 Å². The molecule has 6 heteroatoms. The number of halogens is 5. The Bertz CT molecular complexity index is 830. The minimum absolute atomic E-state index is 0. The van der Waals surface area contributed by atoms with E-state index in [9.17, 15) is 17.6 Å². The normalized spacial score (nSPS) is 24.7. The average molecular weight is 470 g/mol. The van der Waals surface area contributed by atoms with Crippen molar-refractivity contribution in [2.75, 3.05) is 14.1 Å². The van der Waals surface area contributed by atoms with E-state index >= 15 is 0 Å². The van der Waals surface area contributed by atoms with E-state index in [0.717, 1.165) is 29.5 Å². The van der Waals surface area contributed by atoms with E-state index in [-0.39, 0.29) is 22.9 Å². The Morgan fingerprint density at radius 1 is 0.759 bits per heavy atom. The molecule has 0 radical (unpaired) electrons. The molecule has 4 rings (SSSR count). The van der Waals surface area contributed by atoms with Gasteiger partial charge in [-0.05, 0) is 46.9 Å². The lowest BCUT2D eigenvalue weighted by Gasteiger charge is -2.44. The third-order valence-corrected chi connectivity index (χ3v) is 6.61. The van der Waals surface area contributed by atoms with Gasteiger partial charge >= 0.3 is 0 Å². The van der Waals surface area contributed by atoms with Crippen molar-refractivity contribution in [1.82, 2.24) is 0 Å². The van der Waals surface area contributed by atoms with Crippen molar-refractivity contribution in [3.8, 4) is 0 Å². The van der Waals surface area contributed by atoms with Gasteiger partial charge in [0.2, 0.25) is 0 Å². The zero-order chi connectivity index (χ0) is 20.1. The molecular weight excluding hydrogens is 446 g/mol. The maximum atomic E-state index is 13.9. The molecule has 2 saturated heterocycles. The first-order chi connectivity index (χ1) is 13.2.